The van der Waals surface area contributed by atoms with Crippen molar-refractivity contribution < 1.29 is 9.53 Å². The Morgan fingerprint density at radius 2 is 2.50 bits per heavy atom. The third-order valence-corrected chi connectivity index (χ3v) is 0.460. The first-order chi connectivity index (χ1) is 3.81. The molecule has 0 unspecified atom stereocenters. The van der Waals surface area contributed by atoms with Crippen LogP contribution in [0.1, 0.15) is 0 Å². The molecule has 0 saturated carbocycles. The van der Waals surface area contributed by atoms with E-state index in [0.717, 1.165) is 12.5 Å². The smallest absolute Gasteiger partial charge is 0.271 e. The van der Waals surface area contributed by atoms with Crippen LogP contribution in [0.4, 0.5) is 0 Å². The topological polar surface area (TPSA) is 38.7 Å². The number of aliphatic imine (C=N–C) groups is 1. The number of carbonyl (C=O) groups excluding carboxylic acids is 1. The summed E-state index contributed by atoms with van der Waals surface area (Å²) in [5.74, 6) is -0.396. The molecule has 44 valence electrons. The number of carbonyl (C=O) groups is 1. The fraction of sp³-hybridized carbons (Fsp3) is 0.200. The number of ether oxygens (including phenoxy) is 1. The zero-order valence-electron chi connectivity index (χ0n) is 4.63. The highest BCUT2D eigenvalue weighted by atomic mass is 16.5. The number of amides is 1. The summed E-state index contributed by atoms with van der Waals surface area (Å²) in [6.07, 6.45) is 2.17. The van der Waals surface area contributed by atoms with Gasteiger partial charge in [-0.25, -0.2) is 0 Å². The molecule has 1 amide bonds. The molecule has 0 spiro atoms. The Bertz CT molecular complexity index is 118. The summed E-state index contributed by atoms with van der Waals surface area (Å²) < 4.78 is 4.35. The normalized spacial score (nSPS) is 9.12. The fourth-order valence-corrected chi connectivity index (χ4v) is 0.157. The van der Waals surface area contributed by atoms with Gasteiger partial charge in [-0.2, -0.15) is 4.99 Å². The zero-order chi connectivity index (χ0) is 6.41. The zero-order valence-corrected chi connectivity index (χ0v) is 4.63. The van der Waals surface area contributed by atoms with Gasteiger partial charge in [0.15, 0.2) is 6.40 Å². The molecule has 0 rings (SSSR count). The Morgan fingerprint density at radius 1 is 1.88 bits per heavy atom. The van der Waals surface area contributed by atoms with E-state index in [4.69, 9.17) is 0 Å². The molecule has 0 heterocycles. The van der Waals surface area contributed by atoms with Gasteiger partial charge in [0, 0.05) is 0 Å². The van der Waals surface area contributed by atoms with Gasteiger partial charge in [-0.15, -0.1) is 0 Å². The van der Waals surface area contributed by atoms with Gasteiger partial charge in [0.1, 0.15) is 0 Å². The Kier molecular flexibility index (Phi) is 3.48. The minimum absolute atomic E-state index is 0.396. The van der Waals surface area contributed by atoms with E-state index in [1.165, 1.54) is 7.11 Å². The SMILES string of the molecule is C=CC(=O)N=COC. The van der Waals surface area contributed by atoms with Crippen molar-refractivity contribution in [1.82, 2.24) is 0 Å². The first-order valence-electron chi connectivity index (χ1n) is 2.03. The van der Waals surface area contributed by atoms with Crippen LogP contribution in [0.25, 0.3) is 0 Å². The summed E-state index contributed by atoms with van der Waals surface area (Å²) in [7, 11) is 1.42. The van der Waals surface area contributed by atoms with Crippen molar-refractivity contribution >= 4 is 12.3 Å². The van der Waals surface area contributed by atoms with Crippen LogP contribution in [0.3, 0.4) is 0 Å². The van der Waals surface area contributed by atoms with Gasteiger partial charge in [-0.05, 0) is 6.08 Å². The first-order valence-corrected chi connectivity index (χ1v) is 2.03. The predicted octanol–water partition coefficient (Wildman–Crippen LogP) is 0.374. The third kappa shape index (κ3) is 3.08. The number of nitrogens with zero attached hydrogens (tertiary/aromatic N) is 1. The standard InChI is InChI=1S/C5H7NO2/c1-3-5(7)6-4-8-2/h3-4H,1H2,2H3. The largest absolute Gasteiger partial charge is 0.486 e. The second-order valence-electron chi connectivity index (χ2n) is 1.01. The average molecular weight is 113 g/mol. The fourth-order valence-electron chi connectivity index (χ4n) is 0.157. The van der Waals surface area contributed by atoms with E-state index in [1.54, 1.807) is 0 Å². The molecule has 0 aliphatic rings. The van der Waals surface area contributed by atoms with Crippen molar-refractivity contribution in [3.8, 4) is 0 Å². The van der Waals surface area contributed by atoms with Crippen molar-refractivity contribution in [3.05, 3.63) is 12.7 Å². The highest BCUT2D eigenvalue weighted by molar-refractivity contribution is 5.91. The number of rotatable bonds is 2. The summed E-state index contributed by atoms with van der Waals surface area (Å²) in [6.45, 7) is 3.19. The van der Waals surface area contributed by atoms with E-state index in [2.05, 4.69) is 16.3 Å². The highest BCUT2D eigenvalue weighted by Crippen LogP contribution is 1.71. The molecule has 0 bridgehead atoms. The second-order valence-corrected chi connectivity index (χ2v) is 1.01. The van der Waals surface area contributed by atoms with Crippen molar-refractivity contribution in [2.24, 2.45) is 4.99 Å². The lowest BCUT2D eigenvalue weighted by Crippen LogP contribution is -1.86. The quantitative estimate of drug-likeness (QED) is 0.295. The van der Waals surface area contributed by atoms with Gasteiger partial charge < -0.3 is 4.74 Å². The number of hydrogen-bond acceptors (Lipinski definition) is 2. The van der Waals surface area contributed by atoms with Crippen LogP contribution in [-0.4, -0.2) is 19.4 Å². The maximum atomic E-state index is 10.2. The van der Waals surface area contributed by atoms with E-state index >= 15 is 0 Å². The van der Waals surface area contributed by atoms with Crippen LogP contribution in [0, 0.1) is 0 Å². The van der Waals surface area contributed by atoms with Crippen LogP contribution in [0.2, 0.25) is 0 Å². The maximum absolute atomic E-state index is 10.2. The van der Waals surface area contributed by atoms with Crippen LogP contribution in [0.5, 0.6) is 0 Å². The van der Waals surface area contributed by atoms with Crippen molar-refractivity contribution in [2.75, 3.05) is 7.11 Å². The molecule has 0 radical (unpaired) electrons. The van der Waals surface area contributed by atoms with E-state index in [-0.39, 0.29) is 0 Å². The van der Waals surface area contributed by atoms with Gasteiger partial charge in [0.05, 0.1) is 7.11 Å². The van der Waals surface area contributed by atoms with Gasteiger partial charge in [0.25, 0.3) is 5.91 Å². The summed E-state index contributed by atoms with van der Waals surface area (Å²) in [6, 6.07) is 0. The third-order valence-electron chi connectivity index (χ3n) is 0.460. The minimum atomic E-state index is -0.396. The lowest BCUT2D eigenvalue weighted by Gasteiger charge is -1.80. The Hall–Kier alpha value is -1.12. The average Bonchev–Trinajstić information content (AvgIpc) is 1.83. The van der Waals surface area contributed by atoms with E-state index in [0.29, 0.717) is 0 Å². The molecule has 0 N–H and O–H groups in total. The predicted molar refractivity (Wildman–Crippen MR) is 30.7 cm³/mol. The number of hydrogen-bond donors (Lipinski definition) is 0. The monoisotopic (exact) mass is 113 g/mol. The molecular formula is C5H7NO2. The molecule has 0 saturated heterocycles. The molecule has 0 aromatic carbocycles. The second kappa shape index (κ2) is 4.05. The molecule has 0 atom stereocenters. The molecule has 0 aromatic rings. The Labute approximate surface area is 47.7 Å². The molecule has 3 heteroatoms. The Morgan fingerprint density at radius 3 is 2.88 bits per heavy atom. The highest BCUT2D eigenvalue weighted by Gasteiger charge is 1.82. The summed E-state index contributed by atoms with van der Waals surface area (Å²) in [5.41, 5.74) is 0. The Balaban J connectivity index is 3.52. The van der Waals surface area contributed by atoms with E-state index < -0.39 is 5.91 Å². The van der Waals surface area contributed by atoms with Gasteiger partial charge in [-0.1, -0.05) is 6.58 Å². The molecule has 0 aliphatic heterocycles. The molecule has 8 heavy (non-hydrogen) atoms. The van der Waals surface area contributed by atoms with Gasteiger partial charge in [-0.3, -0.25) is 4.79 Å². The molecule has 0 aliphatic carbocycles. The summed E-state index contributed by atoms with van der Waals surface area (Å²) in [4.78, 5) is 13.4. The maximum Gasteiger partial charge on any atom is 0.271 e. The van der Waals surface area contributed by atoms with Crippen LogP contribution < -0.4 is 0 Å². The number of methoxy groups -OCH3 is 1. The minimum Gasteiger partial charge on any atom is -0.486 e. The molecule has 3 nitrogen and oxygen atoms in total. The van der Waals surface area contributed by atoms with Gasteiger partial charge >= 0.3 is 0 Å². The van der Waals surface area contributed by atoms with Crippen LogP contribution >= 0.6 is 0 Å². The molecule has 0 fully saturated rings. The molecule has 0 aromatic heterocycles. The van der Waals surface area contributed by atoms with Crippen molar-refractivity contribution in [2.45, 2.75) is 0 Å². The van der Waals surface area contributed by atoms with Crippen molar-refractivity contribution in [1.29, 1.82) is 0 Å². The lowest BCUT2D eigenvalue weighted by atomic mass is 10.6. The summed E-state index contributed by atoms with van der Waals surface area (Å²) in [5, 5.41) is 0. The van der Waals surface area contributed by atoms with Crippen LogP contribution in [0.15, 0.2) is 17.6 Å². The molecular weight excluding hydrogens is 106 g/mol. The van der Waals surface area contributed by atoms with Gasteiger partial charge in [0.2, 0.25) is 0 Å². The van der Waals surface area contributed by atoms with Crippen molar-refractivity contribution in [3.63, 3.8) is 0 Å². The lowest BCUT2D eigenvalue weighted by molar-refractivity contribution is -0.113. The van der Waals surface area contributed by atoms with E-state index in [1.807, 2.05) is 0 Å². The first kappa shape index (κ1) is 6.88. The van der Waals surface area contributed by atoms with E-state index in [9.17, 15) is 4.79 Å². The van der Waals surface area contributed by atoms with Crippen LogP contribution in [-0.2, 0) is 9.53 Å². The summed E-state index contributed by atoms with van der Waals surface area (Å²) >= 11 is 0.